The van der Waals surface area contributed by atoms with Crippen LogP contribution in [0.2, 0.25) is 0 Å². The van der Waals surface area contributed by atoms with E-state index in [1.54, 1.807) is 0 Å². The molecule has 0 fully saturated rings. The van der Waals surface area contributed by atoms with Crippen molar-refractivity contribution in [1.82, 2.24) is 5.32 Å². The lowest BCUT2D eigenvalue weighted by Gasteiger charge is -2.47. The van der Waals surface area contributed by atoms with Gasteiger partial charge in [-0.2, -0.15) is 0 Å². The van der Waals surface area contributed by atoms with Crippen molar-refractivity contribution in [3.63, 3.8) is 0 Å². The molecule has 22 heavy (non-hydrogen) atoms. The van der Waals surface area contributed by atoms with Crippen LogP contribution in [0.5, 0.6) is 0 Å². The van der Waals surface area contributed by atoms with E-state index in [0.29, 0.717) is 0 Å². The Labute approximate surface area is 140 Å². The third-order valence-corrected chi connectivity index (χ3v) is 4.80. The Morgan fingerprint density at radius 1 is 0.909 bits per heavy atom. The lowest BCUT2D eigenvalue weighted by molar-refractivity contribution is 0.0854. The molecule has 1 nitrogen and oxygen atoms in total. The van der Waals surface area contributed by atoms with Crippen LogP contribution in [-0.2, 0) is 0 Å². The summed E-state index contributed by atoms with van der Waals surface area (Å²) >= 11 is 0. The van der Waals surface area contributed by atoms with E-state index in [1.807, 2.05) is 6.92 Å². The van der Waals surface area contributed by atoms with E-state index < -0.39 is 0 Å². The van der Waals surface area contributed by atoms with Crippen LogP contribution in [-0.4, -0.2) is 6.54 Å². The Morgan fingerprint density at radius 3 is 1.77 bits per heavy atom. The van der Waals surface area contributed by atoms with Crippen LogP contribution in [0.1, 0.15) is 74.7 Å². The van der Waals surface area contributed by atoms with E-state index in [1.165, 1.54) is 0 Å². The van der Waals surface area contributed by atoms with Crippen LogP contribution in [0.25, 0.3) is 0 Å². The smallest absolute Gasteiger partial charge is 0.0147 e. The standard InChI is InChI=1S/C21H39N/c1-16(2)17(3)13-12-14-22-18(4)21(11,20(8,9)10)15-19(5,6)7/h22H,1,3-4,12-15H2,2,5-11H3. The zero-order chi connectivity index (χ0) is 17.8. The Bertz CT molecular complexity index is 414. The third-order valence-electron chi connectivity index (χ3n) is 4.80. The second-order valence-electron chi connectivity index (χ2n) is 9.21. The van der Waals surface area contributed by atoms with Crippen molar-refractivity contribution in [2.24, 2.45) is 16.2 Å². The maximum absolute atomic E-state index is 4.38. The summed E-state index contributed by atoms with van der Waals surface area (Å²) in [6, 6.07) is 0. The van der Waals surface area contributed by atoms with Gasteiger partial charge in [0.25, 0.3) is 0 Å². The number of hydrogen-bond acceptors (Lipinski definition) is 1. The fraction of sp³-hybridized carbons (Fsp3) is 0.714. The highest BCUT2D eigenvalue weighted by Crippen LogP contribution is 2.50. The van der Waals surface area contributed by atoms with Gasteiger partial charge in [-0.25, -0.2) is 0 Å². The molecule has 0 spiro atoms. The molecule has 0 saturated heterocycles. The maximum Gasteiger partial charge on any atom is 0.0147 e. The highest BCUT2D eigenvalue weighted by Gasteiger charge is 2.42. The zero-order valence-corrected chi connectivity index (χ0v) is 16.4. The van der Waals surface area contributed by atoms with E-state index in [2.05, 4.69) is 73.5 Å². The van der Waals surface area contributed by atoms with Crippen molar-refractivity contribution in [3.05, 3.63) is 36.6 Å². The van der Waals surface area contributed by atoms with Gasteiger partial charge in [-0.3, -0.25) is 0 Å². The molecule has 1 unspecified atom stereocenters. The fourth-order valence-corrected chi connectivity index (χ4v) is 2.83. The van der Waals surface area contributed by atoms with Gasteiger partial charge in [-0.15, -0.1) is 0 Å². The molecule has 0 rings (SSSR count). The van der Waals surface area contributed by atoms with Crippen molar-refractivity contribution < 1.29 is 0 Å². The highest BCUT2D eigenvalue weighted by molar-refractivity contribution is 5.22. The number of allylic oxidation sites excluding steroid dienone is 3. The first-order valence-electron chi connectivity index (χ1n) is 8.47. The van der Waals surface area contributed by atoms with Crippen molar-refractivity contribution in [2.75, 3.05) is 6.54 Å². The molecule has 0 bridgehead atoms. The lowest BCUT2D eigenvalue weighted by atomic mass is 9.60. The molecular weight excluding hydrogens is 266 g/mol. The van der Waals surface area contributed by atoms with Crippen LogP contribution < -0.4 is 5.32 Å². The molecule has 0 radical (unpaired) electrons. The van der Waals surface area contributed by atoms with Gasteiger partial charge in [-0.1, -0.05) is 79.3 Å². The summed E-state index contributed by atoms with van der Waals surface area (Å²) in [5.41, 5.74) is 3.92. The fourth-order valence-electron chi connectivity index (χ4n) is 2.83. The number of hydrogen-bond donors (Lipinski definition) is 1. The maximum atomic E-state index is 4.38. The predicted molar refractivity (Wildman–Crippen MR) is 102 cm³/mol. The SMILES string of the molecule is C=C(C)C(=C)CCCNC(=C)C(C)(CC(C)(C)C)C(C)(C)C. The van der Waals surface area contributed by atoms with Crippen LogP contribution in [0.4, 0.5) is 0 Å². The average Bonchev–Trinajstić information content (AvgIpc) is 2.30. The Hall–Kier alpha value is -0.980. The minimum Gasteiger partial charge on any atom is -0.388 e. The third kappa shape index (κ3) is 6.42. The van der Waals surface area contributed by atoms with E-state index in [9.17, 15) is 0 Å². The summed E-state index contributed by atoms with van der Waals surface area (Å²) in [5, 5.41) is 3.58. The molecule has 1 N–H and O–H groups in total. The predicted octanol–water partition coefficient (Wildman–Crippen LogP) is 6.49. The summed E-state index contributed by atoms with van der Waals surface area (Å²) in [5.74, 6) is 0. The van der Waals surface area contributed by atoms with Crippen LogP contribution in [0, 0.1) is 16.2 Å². The number of rotatable bonds is 8. The van der Waals surface area contributed by atoms with Gasteiger partial charge in [0.15, 0.2) is 0 Å². The van der Waals surface area contributed by atoms with Gasteiger partial charge in [0, 0.05) is 17.7 Å². The monoisotopic (exact) mass is 305 g/mol. The molecule has 0 aromatic rings. The highest BCUT2D eigenvalue weighted by atomic mass is 14.9. The molecule has 1 heteroatoms. The minimum absolute atomic E-state index is 0.0661. The normalized spacial score (nSPS) is 15.1. The lowest BCUT2D eigenvalue weighted by Crippen LogP contribution is -2.42. The summed E-state index contributed by atoms with van der Waals surface area (Å²) in [6.45, 7) is 31.6. The summed E-state index contributed by atoms with van der Waals surface area (Å²) in [4.78, 5) is 0. The molecule has 0 heterocycles. The van der Waals surface area contributed by atoms with Crippen molar-refractivity contribution >= 4 is 0 Å². The van der Waals surface area contributed by atoms with Crippen LogP contribution in [0.3, 0.4) is 0 Å². The number of nitrogens with one attached hydrogen (secondary N) is 1. The largest absolute Gasteiger partial charge is 0.388 e. The quantitative estimate of drug-likeness (QED) is 0.399. The van der Waals surface area contributed by atoms with Gasteiger partial charge in [-0.05, 0) is 37.0 Å². The molecule has 0 saturated carbocycles. The first-order chi connectivity index (χ1) is 9.71. The summed E-state index contributed by atoms with van der Waals surface area (Å²) in [7, 11) is 0. The Morgan fingerprint density at radius 2 is 1.41 bits per heavy atom. The topological polar surface area (TPSA) is 12.0 Å². The molecule has 128 valence electrons. The van der Waals surface area contributed by atoms with Gasteiger partial charge in [0.05, 0.1) is 0 Å². The molecule has 0 aromatic heterocycles. The van der Waals surface area contributed by atoms with Gasteiger partial charge < -0.3 is 5.32 Å². The first kappa shape index (κ1) is 21.0. The van der Waals surface area contributed by atoms with Crippen LogP contribution >= 0.6 is 0 Å². The molecule has 1 atom stereocenters. The second kappa shape index (κ2) is 7.53. The molecule has 0 aliphatic heterocycles. The molecule has 0 amide bonds. The minimum atomic E-state index is 0.0661. The van der Waals surface area contributed by atoms with E-state index in [0.717, 1.165) is 42.7 Å². The van der Waals surface area contributed by atoms with Gasteiger partial charge in [0.1, 0.15) is 0 Å². The second-order valence-corrected chi connectivity index (χ2v) is 9.21. The van der Waals surface area contributed by atoms with Crippen LogP contribution in [0.15, 0.2) is 36.6 Å². The zero-order valence-electron chi connectivity index (χ0n) is 16.4. The summed E-state index contributed by atoms with van der Waals surface area (Å²) in [6.07, 6.45) is 3.19. The molecule has 0 aliphatic rings. The van der Waals surface area contributed by atoms with Gasteiger partial charge >= 0.3 is 0 Å². The molecule has 0 aromatic carbocycles. The van der Waals surface area contributed by atoms with E-state index >= 15 is 0 Å². The molecular formula is C21H39N. The Balaban J connectivity index is 4.74. The van der Waals surface area contributed by atoms with E-state index in [-0.39, 0.29) is 16.2 Å². The first-order valence-corrected chi connectivity index (χ1v) is 8.47. The molecule has 0 aliphatic carbocycles. The average molecular weight is 306 g/mol. The Kier molecular flexibility index (Phi) is 7.19. The van der Waals surface area contributed by atoms with Gasteiger partial charge in [0.2, 0.25) is 0 Å². The summed E-state index contributed by atoms with van der Waals surface area (Å²) < 4.78 is 0. The van der Waals surface area contributed by atoms with Crippen molar-refractivity contribution in [1.29, 1.82) is 0 Å². The van der Waals surface area contributed by atoms with Crippen molar-refractivity contribution in [2.45, 2.75) is 74.7 Å². The van der Waals surface area contributed by atoms with E-state index in [4.69, 9.17) is 0 Å². The van der Waals surface area contributed by atoms with Crippen molar-refractivity contribution in [3.8, 4) is 0 Å².